The fourth-order valence-electron chi connectivity index (χ4n) is 3.28. The molecule has 0 radical (unpaired) electrons. The lowest BCUT2D eigenvalue weighted by Gasteiger charge is -2.25. The molecule has 3 rings (SSSR count). The summed E-state index contributed by atoms with van der Waals surface area (Å²) in [5, 5.41) is 25.5. The third kappa shape index (κ3) is 6.87. The third-order valence-corrected chi connectivity index (χ3v) is 5.75. The molecule has 3 aromatic rings. The fraction of sp³-hybridized carbons (Fsp3) is 0.160. The highest BCUT2D eigenvalue weighted by Gasteiger charge is 2.32. The Morgan fingerprint density at radius 3 is 1.97 bits per heavy atom. The summed E-state index contributed by atoms with van der Waals surface area (Å²) in [7, 11) is 0. The number of carbonyl (C=O) groups is 3. The third-order valence-electron chi connectivity index (χ3n) is 5.03. The summed E-state index contributed by atoms with van der Waals surface area (Å²) >= 11 is 2.14. The molecule has 0 heterocycles. The number of hydrogen-bond acceptors (Lipinski definition) is 4. The zero-order valence-electron chi connectivity index (χ0n) is 17.5. The van der Waals surface area contributed by atoms with Gasteiger partial charge in [-0.2, -0.15) is 0 Å². The van der Waals surface area contributed by atoms with E-state index >= 15 is 0 Å². The van der Waals surface area contributed by atoms with Crippen LogP contribution in [0.3, 0.4) is 0 Å². The molecule has 0 saturated carbocycles. The first-order chi connectivity index (χ1) is 15.8. The van der Waals surface area contributed by atoms with E-state index in [0.29, 0.717) is 11.1 Å². The number of benzene rings is 3. The monoisotopic (exact) mass is 558 g/mol. The number of carboxylic acids is 1. The average Bonchev–Trinajstić information content (AvgIpc) is 2.83. The molecule has 2 amide bonds. The van der Waals surface area contributed by atoms with Gasteiger partial charge in [0.25, 0.3) is 11.8 Å². The number of carbonyl (C=O) groups excluding carboxylic acids is 2. The number of aliphatic hydroxyl groups is 1. The standard InChI is InChI=1S/C25H23IN2O5/c26-19-13-11-16(12-14-19)15-20(25(32)33)27-24(31)22(29)21(17-7-3-1-4-8-17)28-23(30)18-9-5-2-6-10-18/h1-14,20-22,29H,15H2,(H,27,31)(H,28,30)(H,32,33)/t20-,21-,22+/m0/s1. The lowest BCUT2D eigenvalue weighted by atomic mass is 9.99. The average molecular weight is 558 g/mol. The van der Waals surface area contributed by atoms with E-state index < -0.39 is 36.0 Å². The molecule has 170 valence electrons. The Hall–Kier alpha value is -3.24. The second-order valence-electron chi connectivity index (χ2n) is 7.40. The van der Waals surface area contributed by atoms with Gasteiger partial charge in [-0.3, -0.25) is 9.59 Å². The lowest BCUT2D eigenvalue weighted by Crippen LogP contribution is -2.50. The van der Waals surface area contributed by atoms with Gasteiger partial charge in [-0.05, 0) is 58.0 Å². The van der Waals surface area contributed by atoms with E-state index in [0.717, 1.165) is 9.13 Å². The smallest absolute Gasteiger partial charge is 0.326 e. The minimum Gasteiger partial charge on any atom is -0.480 e. The second-order valence-corrected chi connectivity index (χ2v) is 8.65. The van der Waals surface area contributed by atoms with Crippen LogP contribution in [0.4, 0.5) is 0 Å². The van der Waals surface area contributed by atoms with Crippen molar-refractivity contribution in [2.24, 2.45) is 0 Å². The molecule has 0 fully saturated rings. The molecule has 3 aromatic carbocycles. The molecular formula is C25H23IN2O5. The Labute approximate surface area is 205 Å². The normalized spacial score (nSPS) is 13.4. The number of aliphatic carboxylic acids is 1. The Kier molecular flexibility index (Phi) is 8.56. The second kappa shape index (κ2) is 11.6. The summed E-state index contributed by atoms with van der Waals surface area (Å²) in [6.45, 7) is 0. The molecule has 0 bridgehead atoms. The highest BCUT2D eigenvalue weighted by atomic mass is 127. The maximum absolute atomic E-state index is 12.9. The van der Waals surface area contributed by atoms with Crippen LogP contribution in [-0.2, 0) is 16.0 Å². The van der Waals surface area contributed by atoms with Gasteiger partial charge in [-0.15, -0.1) is 0 Å². The van der Waals surface area contributed by atoms with Crippen molar-refractivity contribution in [3.63, 3.8) is 0 Å². The molecule has 8 heteroatoms. The quantitative estimate of drug-likeness (QED) is 0.302. The number of hydrogen-bond donors (Lipinski definition) is 4. The number of aliphatic hydroxyl groups excluding tert-OH is 1. The lowest BCUT2D eigenvalue weighted by molar-refractivity contribution is -0.143. The molecule has 0 aliphatic rings. The number of amides is 2. The zero-order chi connectivity index (χ0) is 23.8. The summed E-state index contributed by atoms with van der Waals surface area (Å²) in [6.07, 6.45) is -1.66. The van der Waals surface area contributed by atoms with Gasteiger partial charge in [-0.1, -0.05) is 60.7 Å². The molecule has 0 aromatic heterocycles. The molecule has 33 heavy (non-hydrogen) atoms. The van der Waals surface area contributed by atoms with Crippen molar-refractivity contribution in [1.29, 1.82) is 0 Å². The predicted octanol–water partition coefficient (Wildman–Crippen LogP) is 2.94. The molecule has 3 atom stereocenters. The summed E-state index contributed by atoms with van der Waals surface area (Å²) < 4.78 is 1.00. The number of carboxylic acid groups (broad SMARTS) is 1. The summed E-state index contributed by atoms with van der Waals surface area (Å²) in [4.78, 5) is 37.3. The van der Waals surface area contributed by atoms with Crippen LogP contribution in [0.5, 0.6) is 0 Å². The largest absolute Gasteiger partial charge is 0.480 e. The van der Waals surface area contributed by atoms with E-state index in [9.17, 15) is 24.6 Å². The minimum absolute atomic E-state index is 0.0527. The van der Waals surface area contributed by atoms with Crippen LogP contribution in [0, 0.1) is 3.57 Å². The Morgan fingerprint density at radius 2 is 1.39 bits per heavy atom. The van der Waals surface area contributed by atoms with Crippen LogP contribution in [0.15, 0.2) is 84.9 Å². The van der Waals surface area contributed by atoms with Crippen LogP contribution in [0.2, 0.25) is 0 Å². The van der Waals surface area contributed by atoms with Gasteiger partial charge >= 0.3 is 5.97 Å². The topological polar surface area (TPSA) is 116 Å². The van der Waals surface area contributed by atoms with Crippen LogP contribution in [0.1, 0.15) is 27.5 Å². The zero-order valence-corrected chi connectivity index (χ0v) is 19.7. The van der Waals surface area contributed by atoms with Gasteiger partial charge in [0.1, 0.15) is 6.04 Å². The van der Waals surface area contributed by atoms with Crippen LogP contribution < -0.4 is 10.6 Å². The van der Waals surface area contributed by atoms with Gasteiger partial charge < -0.3 is 20.8 Å². The summed E-state index contributed by atoms with van der Waals surface area (Å²) in [5.41, 5.74) is 1.61. The van der Waals surface area contributed by atoms with Gasteiger partial charge in [0, 0.05) is 15.6 Å². The fourth-order valence-corrected chi connectivity index (χ4v) is 3.64. The van der Waals surface area contributed by atoms with E-state index in [4.69, 9.17) is 0 Å². The van der Waals surface area contributed by atoms with Crippen molar-refractivity contribution in [3.8, 4) is 0 Å². The number of nitrogens with one attached hydrogen (secondary N) is 2. The van der Waals surface area contributed by atoms with Gasteiger partial charge in [-0.25, -0.2) is 4.79 Å². The molecule has 0 saturated heterocycles. The van der Waals surface area contributed by atoms with Crippen molar-refractivity contribution >= 4 is 40.4 Å². The van der Waals surface area contributed by atoms with E-state index in [1.807, 2.05) is 12.1 Å². The highest BCUT2D eigenvalue weighted by Crippen LogP contribution is 2.19. The molecule has 0 aliphatic carbocycles. The van der Waals surface area contributed by atoms with Crippen LogP contribution in [0.25, 0.3) is 0 Å². The highest BCUT2D eigenvalue weighted by molar-refractivity contribution is 14.1. The molecule has 0 unspecified atom stereocenters. The number of halogens is 1. The van der Waals surface area contributed by atoms with Crippen molar-refractivity contribution in [2.45, 2.75) is 24.6 Å². The van der Waals surface area contributed by atoms with Crippen LogP contribution >= 0.6 is 22.6 Å². The van der Waals surface area contributed by atoms with Gasteiger partial charge in [0.15, 0.2) is 6.10 Å². The maximum Gasteiger partial charge on any atom is 0.326 e. The molecular weight excluding hydrogens is 535 g/mol. The summed E-state index contributed by atoms with van der Waals surface area (Å²) in [5.74, 6) is -2.58. The Balaban J connectivity index is 1.78. The van der Waals surface area contributed by atoms with Crippen molar-refractivity contribution in [1.82, 2.24) is 10.6 Å². The molecule has 7 nitrogen and oxygen atoms in total. The first-order valence-electron chi connectivity index (χ1n) is 10.2. The van der Waals surface area contributed by atoms with Gasteiger partial charge in [0.2, 0.25) is 0 Å². The first kappa shape index (κ1) is 24.4. The SMILES string of the molecule is O=C(N[C@@H](c1ccccc1)[C@@H](O)C(=O)N[C@@H](Cc1ccc(I)cc1)C(=O)O)c1ccccc1. The van der Waals surface area contributed by atoms with Crippen molar-refractivity contribution in [2.75, 3.05) is 0 Å². The first-order valence-corrected chi connectivity index (χ1v) is 11.3. The van der Waals surface area contributed by atoms with Gasteiger partial charge in [0.05, 0.1) is 6.04 Å². The summed E-state index contributed by atoms with van der Waals surface area (Å²) in [6, 6.07) is 21.9. The van der Waals surface area contributed by atoms with E-state index in [1.165, 1.54) is 0 Å². The van der Waals surface area contributed by atoms with E-state index in [2.05, 4.69) is 33.2 Å². The van der Waals surface area contributed by atoms with Crippen molar-refractivity contribution in [3.05, 3.63) is 105 Å². The molecule has 4 N–H and O–H groups in total. The Bertz CT molecular complexity index is 1090. The number of rotatable bonds is 9. The molecule has 0 aliphatic heterocycles. The Morgan fingerprint density at radius 1 is 0.818 bits per heavy atom. The van der Waals surface area contributed by atoms with E-state index in [-0.39, 0.29) is 6.42 Å². The van der Waals surface area contributed by atoms with E-state index in [1.54, 1.807) is 72.8 Å². The molecule has 0 spiro atoms. The minimum atomic E-state index is -1.71. The maximum atomic E-state index is 12.9. The van der Waals surface area contributed by atoms with Crippen molar-refractivity contribution < 1.29 is 24.6 Å². The van der Waals surface area contributed by atoms with Crippen LogP contribution in [-0.4, -0.2) is 40.1 Å². The predicted molar refractivity (Wildman–Crippen MR) is 132 cm³/mol.